The molecule has 110 valence electrons. The van der Waals surface area contributed by atoms with Gasteiger partial charge in [0.1, 0.15) is 5.82 Å². The van der Waals surface area contributed by atoms with E-state index in [1.807, 2.05) is 32.0 Å². The summed E-state index contributed by atoms with van der Waals surface area (Å²) in [7, 11) is 3.62. The van der Waals surface area contributed by atoms with Crippen molar-refractivity contribution >= 4 is 11.6 Å². The summed E-state index contributed by atoms with van der Waals surface area (Å²) < 4.78 is 14.2. The molecule has 1 fully saturated rings. The van der Waals surface area contributed by atoms with Gasteiger partial charge in [0.15, 0.2) is 0 Å². The van der Waals surface area contributed by atoms with E-state index in [-0.39, 0.29) is 17.8 Å². The second-order valence-corrected chi connectivity index (χ2v) is 5.27. The molecule has 0 aromatic heterocycles. The summed E-state index contributed by atoms with van der Waals surface area (Å²) in [5.74, 6) is -0.149. The normalized spacial score (nSPS) is 18.1. The fraction of sp³-hybridized carbons (Fsp3) is 0.533. The number of nitrogens with zero attached hydrogens (tertiary/aromatic N) is 2. The van der Waals surface area contributed by atoms with E-state index >= 15 is 0 Å². The molecule has 5 heteroatoms. The second kappa shape index (κ2) is 6.22. The first-order valence-electron chi connectivity index (χ1n) is 6.99. The predicted octanol–water partition coefficient (Wildman–Crippen LogP) is 1.77. The summed E-state index contributed by atoms with van der Waals surface area (Å²) in [5.41, 5.74) is 1.45. The van der Waals surface area contributed by atoms with E-state index in [9.17, 15) is 9.18 Å². The largest absolute Gasteiger partial charge is 0.362 e. The van der Waals surface area contributed by atoms with Gasteiger partial charge in [-0.25, -0.2) is 4.39 Å². The van der Waals surface area contributed by atoms with Crippen molar-refractivity contribution in [1.82, 2.24) is 10.2 Å². The number of amides is 1. The van der Waals surface area contributed by atoms with E-state index in [1.54, 1.807) is 11.0 Å². The third-order valence-electron chi connectivity index (χ3n) is 3.91. The highest BCUT2D eigenvalue weighted by molar-refractivity contribution is 5.82. The van der Waals surface area contributed by atoms with E-state index in [2.05, 4.69) is 5.32 Å². The lowest BCUT2D eigenvalue weighted by Gasteiger charge is -2.27. The molecule has 4 nitrogen and oxygen atoms in total. The monoisotopic (exact) mass is 279 g/mol. The lowest BCUT2D eigenvalue weighted by atomic mass is 10.0. The Hall–Kier alpha value is -1.62. The van der Waals surface area contributed by atoms with Gasteiger partial charge in [-0.1, -0.05) is 6.07 Å². The fourth-order valence-corrected chi connectivity index (χ4v) is 2.57. The number of hydrogen-bond donors (Lipinski definition) is 1. The molecule has 0 spiro atoms. The zero-order chi connectivity index (χ0) is 14.7. The van der Waals surface area contributed by atoms with Crippen molar-refractivity contribution < 1.29 is 9.18 Å². The molecule has 0 aliphatic carbocycles. The van der Waals surface area contributed by atoms with Gasteiger partial charge < -0.3 is 15.1 Å². The van der Waals surface area contributed by atoms with Gasteiger partial charge in [-0.3, -0.25) is 4.79 Å². The Morgan fingerprint density at radius 1 is 1.35 bits per heavy atom. The van der Waals surface area contributed by atoms with Gasteiger partial charge in [0.25, 0.3) is 0 Å². The third kappa shape index (κ3) is 2.93. The van der Waals surface area contributed by atoms with Crippen LogP contribution in [0.15, 0.2) is 18.2 Å². The molecule has 1 atom stereocenters. The van der Waals surface area contributed by atoms with Gasteiger partial charge in [-0.05, 0) is 32.5 Å². The number of halogens is 1. The number of rotatable bonds is 3. The first kappa shape index (κ1) is 14.8. The summed E-state index contributed by atoms with van der Waals surface area (Å²) in [5, 5.41) is 3.08. The summed E-state index contributed by atoms with van der Waals surface area (Å²) in [6, 6.07) is 4.97. The van der Waals surface area contributed by atoms with Crippen LogP contribution in [-0.2, 0) is 4.79 Å². The Morgan fingerprint density at radius 2 is 2.10 bits per heavy atom. The van der Waals surface area contributed by atoms with E-state index in [0.717, 1.165) is 25.2 Å². The molecule has 1 aromatic rings. The number of nitrogens with one attached hydrogen (secondary N) is 1. The molecule has 2 rings (SSSR count). The highest BCUT2D eigenvalue weighted by Gasteiger charge is 2.23. The topological polar surface area (TPSA) is 35.6 Å². The second-order valence-electron chi connectivity index (χ2n) is 5.27. The van der Waals surface area contributed by atoms with Crippen LogP contribution in [0, 0.1) is 5.82 Å². The van der Waals surface area contributed by atoms with Gasteiger partial charge >= 0.3 is 0 Å². The Morgan fingerprint density at radius 3 is 2.80 bits per heavy atom. The Kier molecular flexibility index (Phi) is 4.60. The molecular weight excluding hydrogens is 257 g/mol. The molecule has 1 N–H and O–H groups in total. The Labute approximate surface area is 119 Å². The highest BCUT2D eigenvalue weighted by Crippen LogP contribution is 2.29. The zero-order valence-electron chi connectivity index (χ0n) is 12.3. The molecule has 20 heavy (non-hydrogen) atoms. The minimum atomic E-state index is -0.227. The van der Waals surface area contributed by atoms with Crippen molar-refractivity contribution in [1.29, 1.82) is 0 Å². The smallest absolute Gasteiger partial charge is 0.241 e. The molecule has 1 saturated heterocycles. The third-order valence-corrected chi connectivity index (χ3v) is 3.91. The number of hydrogen-bond acceptors (Lipinski definition) is 3. The van der Waals surface area contributed by atoms with Crippen molar-refractivity contribution in [3.63, 3.8) is 0 Å². The van der Waals surface area contributed by atoms with Gasteiger partial charge in [-0.15, -0.1) is 0 Å². The summed E-state index contributed by atoms with van der Waals surface area (Å²) in [6.07, 6.45) is 0.895. The summed E-state index contributed by atoms with van der Waals surface area (Å²) >= 11 is 0. The van der Waals surface area contributed by atoms with E-state index in [0.29, 0.717) is 12.1 Å². The Bertz CT molecular complexity index is 492. The summed E-state index contributed by atoms with van der Waals surface area (Å²) in [4.78, 5) is 15.7. The van der Waals surface area contributed by atoms with Crippen LogP contribution in [0.2, 0.25) is 0 Å². The van der Waals surface area contributed by atoms with E-state index < -0.39 is 0 Å². The first-order chi connectivity index (χ1) is 9.54. The minimum absolute atomic E-state index is 0.0785. The number of likely N-dealkylation sites (N-methyl/N-ethyl adjacent to an activating group) is 1. The predicted molar refractivity (Wildman–Crippen MR) is 78.3 cm³/mol. The van der Waals surface area contributed by atoms with Crippen molar-refractivity contribution in [2.75, 3.05) is 38.6 Å². The van der Waals surface area contributed by atoms with Crippen molar-refractivity contribution in [3.8, 4) is 0 Å². The average molecular weight is 279 g/mol. The molecule has 0 radical (unpaired) electrons. The number of anilines is 1. The molecule has 1 aliphatic rings. The first-order valence-corrected chi connectivity index (χ1v) is 6.99. The average Bonchev–Trinajstić information content (AvgIpc) is 2.60. The fourth-order valence-electron chi connectivity index (χ4n) is 2.57. The van der Waals surface area contributed by atoms with Gasteiger partial charge in [-0.2, -0.15) is 0 Å². The SMILES string of the molecule is CNC(C)c1c(F)cccc1N1CCCN(C)C(=O)C1. The zero-order valence-corrected chi connectivity index (χ0v) is 12.3. The molecular formula is C15H22FN3O. The maximum atomic E-state index is 14.2. The number of carbonyl (C=O) groups excluding carboxylic acids is 1. The van der Waals surface area contributed by atoms with Crippen molar-refractivity contribution in [3.05, 3.63) is 29.6 Å². The van der Waals surface area contributed by atoms with Crippen LogP contribution in [0.1, 0.15) is 24.9 Å². The minimum Gasteiger partial charge on any atom is -0.362 e. The van der Waals surface area contributed by atoms with Crippen LogP contribution in [-0.4, -0.2) is 44.5 Å². The standard InChI is InChI=1S/C15H22FN3O/c1-11(17-2)15-12(16)6-4-7-13(15)19-9-5-8-18(3)14(20)10-19/h4,6-7,11,17H,5,8-10H2,1-3H3. The lowest BCUT2D eigenvalue weighted by Crippen LogP contribution is -2.35. The molecule has 0 bridgehead atoms. The molecule has 1 aromatic carbocycles. The van der Waals surface area contributed by atoms with Crippen LogP contribution >= 0.6 is 0 Å². The van der Waals surface area contributed by atoms with E-state index in [1.165, 1.54) is 6.07 Å². The molecule has 1 aliphatic heterocycles. The summed E-state index contributed by atoms with van der Waals surface area (Å²) in [6.45, 7) is 3.75. The molecule has 1 heterocycles. The quantitative estimate of drug-likeness (QED) is 0.916. The van der Waals surface area contributed by atoms with Crippen molar-refractivity contribution in [2.24, 2.45) is 0 Å². The maximum absolute atomic E-state index is 14.2. The van der Waals surface area contributed by atoms with Crippen LogP contribution < -0.4 is 10.2 Å². The van der Waals surface area contributed by atoms with Crippen LogP contribution in [0.4, 0.5) is 10.1 Å². The van der Waals surface area contributed by atoms with Crippen LogP contribution in [0.5, 0.6) is 0 Å². The maximum Gasteiger partial charge on any atom is 0.241 e. The molecule has 1 unspecified atom stereocenters. The van der Waals surface area contributed by atoms with Crippen LogP contribution in [0.25, 0.3) is 0 Å². The van der Waals surface area contributed by atoms with Crippen molar-refractivity contribution in [2.45, 2.75) is 19.4 Å². The highest BCUT2D eigenvalue weighted by atomic mass is 19.1. The molecule has 0 saturated carbocycles. The van der Waals surface area contributed by atoms with Gasteiger partial charge in [0.2, 0.25) is 5.91 Å². The number of carbonyl (C=O) groups is 1. The number of benzene rings is 1. The lowest BCUT2D eigenvalue weighted by molar-refractivity contribution is -0.127. The van der Waals surface area contributed by atoms with Crippen LogP contribution in [0.3, 0.4) is 0 Å². The molecule has 1 amide bonds. The van der Waals surface area contributed by atoms with E-state index in [4.69, 9.17) is 0 Å². The van der Waals surface area contributed by atoms with Gasteiger partial charge in [0.05, 0.1) is 6.54 Å². The van der Waals surface area contributed by atoms with Gasteiger partial charge in [0, 0.05) is 37.4 Å². The Balaban J connectivity index is 2.36.